The fourth-order valence-corrected chi connectivity index (χ4v) is 0.837. The zero-order valence-electron chi connectivity index (χ0n) is 6.45. The van der Waals surface area contributed by atoms with Crippen molar-refractivity contribution < 1.29 is 4.79 Å². The molecule has 0 saturated heterocycles. The second-order valence-corrected chi connectivity index (χ2v) is 2.37. The van der Waals surface area contributed by atoms with E-state index in [-0.39, 0.29) is 5.78 Å². The van der Waals surface area contributed by atoms with Crippen LogP contribution >= 0.6 is 0 Å². The number of nitrogens with zero attached hydrogens (tertiary/aromatic N) is 2. The minimum absolute atomic E-state index is 0.0259. The summed E-state index contributed by atoms with van der Waals surface area (Å²) in [4.78, 5) is 10.8. The molecule has 3 nitrogen and oxygen atoms in total. The van der Waals surface area contributed by atoms with Crippen LogP contribution in [0.4, 0.5) is 0 Å². The maximum Gasteiger partial charge on any atom is 0.159 e. The van der Waals surface area contributed by atoms with Crippen molar-refractivity contribution in [2.24, 2.45) is 7.05 Å². The summed E-state index contributed by atoms with van der Waals surface area (Å²) in [6.07, 6.45) is 5.23. The molecule has 58 valence electrons. The lowest BCUT2D eigenvalue weighted by molar-refractivity contribution is -0.114. The highest BCUT2D eigenvalue weighted by Crippen LogP contribution is 1.97. The van der Waals surface area contributed by atoms with Crippen LogP contribution in [-0.2, 0) is 18.3 Å². The third-order valence-corrected chi connectivity index (χ3v) is 1.36. The van der Waals surface area contributed by atoms with Gasteiger partial charge in [-0.3, -0.25) is 9.48 Å². The Morgan fingerprint density at radius 3 is 3.09 bits per heavy atom. The standard InChI is InChI=1S/C8H10N2O/c1-3-8(11)4-7-5-9-10(2)6-7/h3,5-6H,1,4H2,2H3. The Kier molecular flexibility index (Phi) is 2.21. The summed E-state index contributed by atoms with van der Waals surface area (Å²) in [5.74, 6) is 0.0259. The molecule has 0 fully saturated rings. The van der Waals surface area contributed by atoms with Gasteiger partial charge in [-0.25, -0.2) is 0 Å². The van der Waals surface area contributed by atoms with Gasteiger partial charge in [0.25, 0.3) is 0 Å². The van der Waals surface area contributed by atoms with Gasteiger partial charge in [0.05, 0.1) is 6.20 Å². The monoisotopic (exact) mass is 150 g/mol. The fourth-order valence-electron chi connectivity index (χ4n) is 0.837. The third-order valence-electron chi connectivity index (χ3n) is 1.36. The lowest BCUT2D eigenvalue weighted by Gasteiger charge is -1.88. The number of carbonyl (C=O) groups is 1. The average Bonchev–Trinajstić information content (AvgIpc) is 2.35. The molecule has 0 amide bonds. The van der Waals surface area contributed by atoms with Gasteiger partial charge in [0.1, 0.15) is 0 Å². The molecule has 0 N–H and O–H groups in total. The van der Waals surface area contributed by atoms with Crippen LogP contribution in [-0.4, -0.2) is 15.6 Å². The first-order valence-electron chi connectivity index (χ1n) is 3.35. The number of hydrogen-bond donors (Lipinski definition) is 0. The smallest absolute Gasteiger partial charge is 0.159 e. The number of hydrogen-bond acceptors (Lipinski definition) is 2. The van der Waals surface area contributed by atoms with E-state index in [0.29, 0.717) is 6.42 Å². The van der Waals surface area contributed by atoms with Crippen molar-refractivity contribution in [3.8, 4) is 0 Å². The van der Waals surface area contributed by atoms with Crippen LogP contribution in [0.1, 0.15) is 5.56 Å². The van der Waals surface area contributed by atoms with Gasteiger partial charge in [-0.1, -0.05) is 6.58 Å². The second-order valence-electron chi connectivity index (χ2n) is 2.37. The van der Waals surface area contributed by atoms with Crippen molar-refractivity contribution in [1.29, 1.82) is 0 Å². The zero-order valence-corrected chi connectivity index (χ0v) is 6.45. The van der Waals surface area contributed by atoms with Crippen molar-refractivity contribution in [2.75, 3.05) is 0 Å². The van der Waals surface area contributed by atoms with Gasteiger partial charge in [0.2, 0.25) is 0 Å². The largest absolute Gasteiger partial charge is 0.295 e. The molecule has 1 rings (SSSR count). The number of aryl methyl sites for hydroxylation is 1. The van der Waals surface area contributed by atoms with Gasteiger partial charge in [0, 0.05) is 19.7 Å². The van der Waals surface area contributed by atoms with Gasteiger partial charge >= 0.3 is 0 Å². The Hall–Kier alpha value is -1.38. The van der Waals surface area contributed by atoms with Gasteiger partial charge in [0.15, 0.2) is 5.78 Å². The molecule has 0 unspecified atom stereocenters. The van der Waals surface area contributed by atoms with Crippen molar-refractivity contribution in [1.82, 2.24) is 9.78 Å². The van der Waals surface area contributed by atoms with E-state index in [1.807, 2.05) is 13.2 Å². The highest BCUT2D eigenvalue weighted by Gasteiger charge is 1.99. The molecule has 1 heterocycles. The average molecular weight is 150 g/mol. The van der Waals surface area contributed by atoms with Gasteiger partial charge in [-0.15, -0.1) is 0 Å². The molecular formula is C8H10N2O. The minimum Gasteiger partial charge on any atom is -0.295 e. The highest BCUT2D eigenvalue weighted by molar-refractivity contribution is 5.90. The quantitative estimate of drug-likeness (QED) is 0.595. The lowest BCUT2D eigenvalue weighted by atomic mass is 10.2. The summed E-state index contributed by atoms with van der Waals surface area (Å²) in [5.41, 5.74) is 0.928. The summed E-state index contributed by atoms with van der Waals surface area (Å²) in [5, 5.41) is 3.93. The van der Waals surface area contributed by atoms with E-state index < -0.39 is 0 Å². The first-order chi connectivity index (χ1) is 5.22. The van der Waals surface area contributed by atoms with Crippen LogP contribution in [0.15, 0.2) is 25.0 Å². The number of aromatic nitrogens is 2. The Morgan fingerprint density at radius 2 is 2.64 bits per heavy atom. The summed E-state index contributed by atoms with van der Waals surface area (Å²) < 4.78 is 1.67. The predicted molar refractivity (Wildman–Crippen MR) is 42.1 cm³/mol. The Balaban J connectivity index is 2.64. The first kappa shape index (κ1) is 7.72. The number of ketones is 1. The highest BCUT2D eigenvalue weighted by atomic mass is 16.1. The molecule has 1 aromatic heterocycles. The van der Waals surface area contributed by atoms with E-state index in [9.17, 15) is 4.79 Å². The van der Waals surface area contributed by atoms with Crippen LogP contribution in [0.5, 0.6) is 0 Å². The molecule has 0 bridgehead atoms. The molecule has 0 radical (unpaired) electrons. The molecule has 0 aromatic carbocycles. The summed E-state index contributed by atoms with van der Waals surface area (Å²) in [6.45, 7) is 3.39. The molecule has 0 aliphatic carbocycles. The zero-order chi connectivity index (χ0) is 8.27. The molecular weight excluding hydrogens is 140 g/mol. The van der Waals surface area contributed by atoms with Crippen molar-refractivity contribution in [3.05, 3.63) is 30.6 Å². The van der Waals surface area contributed by atoms with Gasteiger partial charge in [-0.05, 0) is 11.6 Å². The Labute approximate surface area is 65.3 Å². The first-order valence-corrected chi connectivity index (χ1v) is 3.35. The molecule has 1 aromatic rings. The molecule has 0 aliphatic rings. The Morgan fingerprint density at radius 1 is 1.91 bits per heavy atom. The molecule has 0 aliphatic heterocycles. The van der Waals surface area contributed by atoms with Crippen molar-refractivity contribution in [3.63, 3.8) is 0 Å². The number of carbonyl (C=O) groups excluding carboxylic acids is 1. The van der Waals surface area contributed by atoms with Gasteiger partial charge in [-0.2, -0.15) is 5.10 Å². The van der Waals surface area contributed by atoms with E-state index >= 15 is 0 Å². The van der Waals surface area contributed by atoms with Crippen LogP contribution in [0.2, 0.25) is 0 Å². The summed E-state index contributed by atoms with van der Waals surface area (Å²) >= 11 is 0. The maximum atomic E-state index is 10.8. The van der Waals surface area contributed by atoms with Gasteiger partial charge < -0.3 is 0 Å². The minimum atomic E-state index is 0.0259. The number of allylic oxidation sites excluding steroid dienone is 1. The SMILES string of the molecule is C=CC(=O)Cc1cnn(C)c1. The molecule has 3 heteroatoms. The Bertz CT molecular complexity index is 275. The van der Waals surface area contributed by atoms with E-state index in [0.717, 1.165) is 5.56 Å². The van der Waals surface area contributed by atoms with Crippen LogP contribution < -0.4 is 0 Å². The predicted octanol–water partition coefficient (Wildman–Crippen LogP) is 0.718. The van der Waals surface area contributed by atoms with Crippen LogP contribution in [0, 0.1) is 0 Å². The number of rotatable bonds is 3. The van der Waals surface area contributed by atoms with Crippen LogP contribution in [0.25, 0.3) is 0 Å². The van der Waals surface area contributed by atoms with Crippen molar-refractivity contribution in [2.45, 2.75) is 6.42 Å². The summed E-state index contributed by atoms with van der Waals surface area (Å²) in [6, 6.07) is 0. The van der Waals surface area contributed by atoms with Crippen molar-refractivity contribution >= 4 is 5.78 Å². The van der Waals surface area contributed by atoms with E-state index in [1.165, 1.54) is 6.08 Å². The third kappa shape index (κ3) is 2.04. The van der Waals surface area contributed by atoms with E-state index in [1.54, 1.807) is 10.9 Å². The normalized spacial score (nSPS) is 9.55. The summed E-state index contributed by atoms with van der Waals surface area (Å²) in [7, 11) is 1.82. The molecule has 0 atom stereocenters. The van der Waals surface area contributed by atoms with Crippen LogP contribution in [0.3, 0.4) is 0 Å². The lowest BCUT2D eigenvalue weighted by Crippen LogP contribution is -1.96. The maximum absolute atomic E-state index is 10.8. The molecule has 0 saturated carbocycles. The topological polar surface area (TPSA) is 34.9 Å². The van der Waals surface area contributed by atoms with E-state index in [4.69, 9.17) is 0 Å². The second kappa shape index (κ2) is 3.14. The fraction of sp³-hybridized carbons (Fsp3) is 0.250. The molecule has 11 heavy (non-hydrogen) atoms. The molecule has 0 spiro atoms. The van der Waals surface area contributed by atoms with E-state index in [2.05, 4.69) is 11.7 Å².